The molecule has 0 aliphatic carbocycles. The number of carbonyl (C=O) groups is 2. The first kappa shape index (κ1) is 17.3. The molecule has 7 heteroatoms. The number of aryl methyl sites for hydroxylation is 1. The molecule has 1 aliphatic rings. The molecular formula is C18H24N4O3. The van der Waals surface area contributed by atoms with Crippen LogP contribution in [0.1, 0.15) is 19.8 Å². The number of hydrogen-bond donors (Lipinski definition) is 1. The van der Waals surface area contributed by atoms with Crippen molar-refractivity contribution in [2.24, 2.45) is 5.92 Å². The van der Waals surface area contributed by atoms with Crippen LogP contribution >= 0.6 is 0 Å². The molecule has 3 rings (SSSR count). The first-order valence-electron chi connectivity index (χ1n) is 8.74. The van der Waals surface area contributed by atoms with Crippen molar-refractivity contribution >= 4 is 22.8 Å². The molecule has 0 spiro atoms. The van der Waals surface area contributed by atoms with E-state index in [1.807, 2.05) is 31.2 Å². The molecule has 2 amide bonds. The predicted molar refractivity (Wildman–Crippen MR) is 95.2 cm³/mol. The van der Waals surface area contributed by atoms with Crippen molar-refractivity contribution in [1.82, 2.24) is 19.4 Å². The van der Waals surface area contributed by atoms with E-state index in [2.05, 4.69) is 5.32 Å². The fraction of sp³-hybridized carbons (Fsp3) is 0.500. The van der Waals surface area contributed by atoms with Gasteiger partial charge in [0.1, 0.15) is 6.54 Å². The van der Waals surface area contributed by atoms with Gasteiger partial charge >= 0.3 is 5.69 Å². The van der Waals surface area contributed by atoms with Crippen molar-refractivity contribution in [2.75, 3.05) is 20.1 Å². The molecule has 2 heterocycles. The van der Waals surface area contributed by atoms with E-state index in [-0.39, 0.29) is 30.0 Å². The summed E-state index contributed by atoms with van der Waals surface area (Å²) in [5, 5.41) is 2.66. The van der Waals surface area contributed by atoms with Crippen molar-refractivity contribution in [2.45, 2.75) is 32.9 Å². The summed E-state index contributed by atoms with van der Waals surface area (Å²) in [4.78, 5) is 38.7. The highest BCUT2D eigenvalue weighted by Crippen LogP contribution is 2.18. The number of hydrogen-bond acceptors (Lipinski definition) is 3. The Labute approximate surface area is 146 Å². The van der Waals surface area contributed by atoms with Gasteiger partial charge in [-0.2, -0.15) is 0 Å². The molecule has 2 aromatic rings. The maximum absolute atomic E-state index is 12.7. The van der Waals surface area contributed by atoms with Crippen molar-refractivity contribution < 1.29 is 9.59 Å². The minimum Gasteiger partial charge on any atom is -0.359 e. The third kappa shape index (κ3) is 3.18. The fourth-order valence-electron chi connectivity index (χ4n) is 3.56. The lowest BCUT2D eigenvalue weighted by molar-refractivity contribution is -0.136. The smallest absolute Gasteiger partial charge is 0.329 e. The number of aromatic nitrogens is 2. The second kappa shape index (κ2) is 7.13. The summed E-state index contributed by atoms with van der Waals surface area (Å²) in [6, 6.07) is 7.53. The lowest BCUT2D eigenvalue weighted by Gasteiger charge is -2.31. The molecule has 1 aliphatic heterocycles. The zero-order valence-corrected chi connectivity index (χ0v) is 14.7. The van der Waals surface area contributed by atoms with Gasteiger partial charge in [0, 0.05) is 32.6 Å². The van der Waals surface area contributed by atoms with Gasteiger partial charge < -0.3 is 10.2 Å². The van der Waals surface area contributed by atoms with Crippen LogP contribution in [0.15, 0.2) is 29.1 Å². The van der Waals surface area contributed by atoms with Gasteiger partial charge in [-0.25, -0.2) is 4.79 Å². The van der Waals surface area contributed by atoms with Crippen LogP contribution in [0.5, 0.6) is 0 Å². The van der Waals surface area contributed by atoms with E-state index < -0.39 is 0 Å². The Morgan fingerprint density at radius 2 is 1.72 bits per heavy atom. The Kier molecular flexibility index (Phi) is 4.92. The summed E-state index contributed by atoms with van der Waals surface area (Å²) in [6.45, 7) is 3.63. The van der Waals surface area contributed by atoms with Crippen molar-refractivity contribution in [3.8, 4) is 0 Å². The highest BCUT2D eigenvalue weighted by atomic mass is 16.2. The number of carbonyl (C=O) groups excluding carboxylic acids is 2. The quantitative estimate of drug-likeness (QED) is 0.892. The number of imidazole rings is 1. The number of nitrogens with one attached hydrogen (secondary N) is 1. The van der Waals surface area contributed by atoms with E-state index >= 15 is 0 Å². The molecule has 1 saturated heterocycles. The molecule has 0 unspecified atom stereocenters. The highest BCUT2D eigenvalue weighted by Gasteiger charge is 2.27. The molecule has 0 bridgehead atoms. The first-order valence-corrected chi connectivity index (χ1v) is 8.74. The normalized spacial score (nSPS) is 15.5. The van der Waals surface area contributed by atoms with Crippen LogP contribution in [-0.2, 0) is 22.7 Å². The van der Waals surface area contributed by atoms with Crippen LogP contribution in [0.4, 0.5) is 0 Å². The SMILES string of the molecule is CCn1c(=O)n(CC(=O)N2CCC(C(=O)NC)CC2)c2ccccc21. The molecular weight excluding hydrogens is 320 g/mol. The number of piperidine rings is 1. The van der Waals surface area contributed by atoms with Crippen LogP contribution in [0.3, 0.4) is 0 Å². The summed E-state index contributed by atoms with van der Waals surface area (Å²) in [7, 11) is 1.63. The number of amides is 2. The second-order valence-corrected chi connectivity index (χ2v) is 6.37. The Balaban J connectivity index is 1.76. The van der Waals surface area contributed by atoms with Gasteiger partial charge in [-0.05, 0) is 31.9 Å². The molecule has 7 nitrogen and oxygen atoms in total. The summed E-state index contributed by atoms with van der Waals surface area (Å²) < 4.78 is 3.23. The Hall–Kier alpha value is -2.57. The van der Waals surface area contributed by atoms with Crippen LogP contribution < -0.4 is 11.0 Å². The average molecular weight is 344 g/mol. The lowest BCUT2D eigenvalue weighted by atomic mass is 9.96. The monoisotopic (exact) mass is 344 g/mol. The van der Waals surface area contributed by atoms with Crippen molar-refractivity contribution in [1.29, 1.82) is 0 Å². The number of rotatable bonds is 4. The van der Waals surface area contributed by atoms with E-state index in [4.69, 9.17) is 0 Å². The van der Waals surface area contributed by atoms with Gasteiger partial charge in [-0.15, -0.1) is 0 Å². The summed E-state index contributed by atoms with van der Waals surface area (Å²) in [5.74, 6) is -0.0652. The molecule has 1 fully saturated rings. The molecule has 0 atom stereocenters. The predicted octanol–water partition coefficient (Wildman–Crippen LogP) is 0.807. The van der Waals surface area contributed by atoms with Crippen molar-refractivity contribution in [3.05, 3.63) is 34.7 Å². The van der Waals surface area contributed by atoms with Crippen LogP contribution in [0, 0.1) is 5.92 Å². The molecule has 1 aromatic heterocycles. The van der Waals surface area contributed by atoms with Gasteiger partial charge in [0.2, 0.25) is 11.8 Å². The first-order chi connectivity index (χ1) is 12.1. The van der Waals surface area contributed by atoms with Gasteiger partial charge in [-0.3, -0.25) is 18.7 Å². The molecule has 0 saturated carbocycles. The van der Waals surface area contributed by atoms with Gasteiger partial charge in [-0.1, -0.05) is 12.1 Å². The summed E-state index contributed by atoms with van der Waals surface area (Å²) >= 11 is 0. The Morgan fingerprint density at radius 1 is 1.12 bits per heavy atom. The number of benzene rings is 1. The summed E-state index contributed by atoms with van der Waals surface area (Å²) in [6.07, 6.45) is 1.33. The molecule has 0 radical (unpaired) electrons. The summed E-state index contributed by atoms with van der Waals surface area (Å²) in [5.41, 5.74) is 1.47. The maximum Gasteiger partial charge on any atom is 0.329 e. The number of fused-ring (bicyclic) bond motifs is 1. The van der Waals surface area contributed by atoms with E-state index in [0.29, 0.717) is 32.5 Å². The zero-order valence-electron chi connectivity index (χ0n) is 14.7. The van der Waals surface area contributed by atoms with E-state index in [0.717, 1.165) is 11.0 Å². The van der Waals surface area contributed by atoms with Crippen LogP contribution in [0.2, 0.25) is 0 Å². The molecule has 1 aromatic carbocycles. The minimum absolute atomic E-state index is 0.0289. The number of nitrogens with zero attached hydrogens (tertiary/aromatic N) is 3. The number of likely N-dealkylation sites (tertiary alicyclic amines) is 1. The lowest BCUT2D eigenvalue weighted by Crippen LogP contribution is -2.44. The van der Waals surface area contributed by atoms with E-state index in [9.17, 15) is 14.4 Å². The van der Waals surface area contributed by atoms with E-state index in [1.54, 1.807) is 21.1 Å². The Morgan fingerprint density at radius 3 is 2.28 bits per heavy atom. The van der Waals surface area contributed by atoms with Crippen LogP contribution in [0.25, 0.3) is 11.0 Å². The largest absolute Gasteiger partial charge is 0.359 e. The van der Waals surface area contributed by atoms with Gasteiger partial charge in [0.05, 0.1) is 11.0 Å². The van der Waals surface area contributed by atoms with Gasteiger partial charge in [0.15, 0.2) is 0 Å². The number of para-hydroxylation sites is 2. The Bertz CT molecular complexity index is 844. The van der Waals surface area contributed by atoms with Crippen LogP contribution in [-0.4, -0.2) is 46.0 Å². The van der Waals surface area contributed by atoms with Gasteiger partial charge in [0.25, 0.3) is 0 Å². The zero-order chi connectivity index (χ0) is 18.0. The molecule has 1 N–H and O–H groups in total. The second-order valence-electron chi connectivity index (χ2n) is 6.37. The topological polar surface area (TPSA) is 76.3 Å². The minimum atomic E-state index is -0.155. The molecule has 134 valence electrons. The fourth-order valence-corrected chi connectivity index (χ4v) is 3.56. The third-order valence-corrected chi connectivity index (χ3v) is 5.00. The van der Waals surface area contributed by atoms with Crippen molar-refractivity contribution in [3.63, 3.8) is 0 Å². The maximum atomic E-state index is 12.7. The highest BCUT2D eigenvalue weighted by molar-refractivity contribution is 5.82. The van der Waals surface area contributed by atoms with E-state index in [1.165, 1.54) is 0 Å². The standard InChI is InChI=1S/C18H24N4O3/c1-3-21-14-6-4-5-7-15(14)22(18(21)25)12-16(23)20-10-8-13(9-11-20)17(24)19-2/h4-7,13H,3,8-12H2,1-2H3,(H,19,24). The average Bonchev–Trinajstić information content (AvgIpc) is 2.92. The molecule has 25 heavy (non-hydrogen) atoms. The third-order valence-electron chi connectivity index (χ3n) is 5.00.